The first-order valence-electron chi connectivity index (χ1n) is 7.25. The van der Waals surface area contributed by atoms with Gasteiger partial charge in [0.15, 0.2) is 0 Å². The number of amides is 3. The first-order chi connectivity index (χ1) is 12.0. The quantitative estimate of drug-likeness (QED) is 0.242. The van der Waals surface area contributed by atoms with Gasteiger partial charge in [0.1, 0.15) is 6.04 Å². The Hall–Kier alpha value is -2.29. The van der Waals surface area contributed by atoms with E-state index in [-0.39, 0.29) is 6.54 Å². The molecule has 3 atom stereocenters. The zero-order valence-electron chi connectivity index (χ0n) is 13.5. The number of nitrogens with zero attached hydrogens (tertiary/aromatic N) is 2. The van der Waals surface area contributed by atoms with Gasteiger partial charge in [-0.15, -0.1) is 0 Å². The second-order valence-corrected chi connectivity index (χ2v) is 7.32. The maximum Gasteiger partial charge on any atom is 0.368 e. The number of primary sulfonamides is 1. The molecule has 12 nitrogen and oxygen atoms in total. The molecule has 1 unspecified atom stereocenters. The van der Waals surface area contributed by atoms with Gasteiger partial charge in [0.05, 0.1) is 24.9 Å². The fourth-order valence-corrected chi connectivity index (χ4v) is 2.87. The van der Waals surface area contributed by atoms with Crippen LogP contribution in [0.1, 0.15) is 6.92 Å². The standard InChI is InChI=1S/C12H17FN4O8S/c1-6-4-7-5-16(12(21)17(7)25-9(13)11(19)20)8(6)10(18)15-24-2-3-26(14,22)23/h4,7-9H,2-3,5H2,1H3,(H,15,18)(H,19,20)(H2,14,22,23)/t7-,8+,9?/m1/s1. The summed E-state index contributed by atoms with van der Waals surface area (Å²) in [7, 11) is -3.76. The van der Waals surface area contributed by atoms with Gasteiger partial charge in [-0.2, -0.15) is 5.06 Å². The maximum atomic E-state index is 13.2. The minimum Gasteiger partial charge on any atom is -0.477 e. The SMILES string of the molecule is CC1=C[C@@H]2CN(C(=O)N2OC(F)C(=O)O)[C@@H]1C(=O)NOCCS(N)(=O)=O. The van der Waals surface area contributed by atoms with Crippen LogP contribution in [0.4, 0.5) is 9.18 Å². The van der Waals surface area contributed by atoms with Crippen LogP contribution in [0.15, 0.2) is 11.6 Å². The number of alkyl halides is 1. The Morgan fingerprint density at radius 3 is 2.77 bits per heavy atom. The normalized spacial score (nSPS) is 23.7. The summed E-state index contributed by atoms with van der Waals surface area (Å²) < 4.78 is 34.8. The van der Waals surface area contributed by atoms with E-state index in [4.69, 9.17) is 15.1 Å². The molecule has 26 heavy (non-hydrogen) atoms. The molecule has 146 valence electrons. The molecule has 2 heterocycles. The molecule has 0 aromatic heterocycles. The van der Waals surface area contributed by atoms with E-state index >= 15 is 0 Å². The lowest BCUT2D eigenvalue weighted by molar-refractivity contribution is -0.219. The molecule has 0 aromatic rings. The second kappa shape index (κ2) is 7.53. The average Bonchev–Trinajstić information content (AvgIpc) is 2.75. The number of sulfonamides is 1. The Morgan fingerprint density at radius 1 is 1.54 bits per heavy atom. The Kier molecular flexibility index (Phi) is 5.80. The molecule has 2 rings (SSSR count). The number of fused-ring (bicyclic) bond motifs is 2. The molecule has 4 N–H and O–H groups in total. The van der Waals surface area contributed by atoms with Crippen LogP contribution in [0.5, 0.6) is 0 Å². The van der Waals surface area contributed by atoms with Crippen molar-refractivity contribution in [3.05, 3.63) is 11.6 Å². The lowest BCUT2D eigenvalue weighted by atomic mass is 10.0. The highest BCUT2D eigenvalue weighted by atomic mass is 32.2. The predicted octanol–water partition coefficient (Wildman–Crippen LogP) is -1.93. The van der Waals surface area contributed by atoms with Gasteiger partial charge in [0, 0.05) is 0 Å². The van der Waals surface area contributed by atoms with Crippen molar-refractivity contribution in [3.8, 4) is 0 Å². The number of aliphatic carboxylic acids is 1. The summed E-state index contributed by atoms with van der Waals surface area (Å²) >= 11 is 0. The summed E-state index contributed by atoms with van der Waals surface area (Å²) in [6, 6.07) is -2.76. The molecule has 3 amide bonds. The summed E-state index contributed by atoms with van der Waals surface area (Å²) in [4.78, 5) is 45.3. The number of urea groups is 1. The third-order valence-corrected chi connectivity index (χ3v) is 4.34. The Labute approximate surface area is 147 Å². The van der Waals surface area contributed by atoms with E-state index in [0.717, 1.165) is 4.90 Å². The van der Waals surface area contributed by atoms with E-state index in [1.54, 1.807) is 0 Å². The van der Waals surface area contributed by atoms with Gasteiger partial charge in [0.2, 0.25) is 10.0 Å². The minimum atomic E-state index is -3.76. The monoisotopic (exact) mass is 396 g/mol. The van der Waals surface area contributed by atoms with Crippen LogP contribution in [-0.2, 0) is 29.3 Å². The number of nitrogens with two attached hydrogens (primary N) is 1. The molecule has 14 heteroatoms. The van der Waals surface area contributed by atoms with Gasteiger partial charge in [-0.05, 0) is 12.5 Å². The van der Waals surface area contributed by atoms with Crippen molar-refractivity contribution in [2.24, 2.45) is 5.14 Å². The van der Waals surface area contributed by atoms with Crippen molar-refractivity contribution in [1.29, 1.82) is 0 Å². The highest BCUT2D eigenvalue weighted by Gasteiger charge is 2.48. The minimum absolute atomic E-state index is 0.0300. The van der Waals surface area contributed by atoms with Gasteiger partial charge in [0.25, 0.3) is 5.91 Å². The van der Waals surface area contributed by atoms with Crippen LogP contribution < -0.4 is 10.6 Å². The summed E-state index contributed by atoms with van der Waals surface area (Å²) in [5, 5.41) is 13.9. The maximum absolute atomic E-state index is 13.2. The van der Waals surface area contributed by atoms with Gasteiger partial charge >= 0.3 is 18.4 Å². The Morgan fingerprint density at radius 2 is 2.19 bits per heavy atom. The molecule has 1 fully saturated rings. The molecule has 1 saturated heterocycles. The van der Waals surface area contributed by atoms with Crippen molar-refractivity contribution >= 4 is 27.9 Å². The fraction of sp³-hybridized carbons (Fsp3) is 0.583. The van der Waals surface area contributed by atoms with Crippen LogP contribution in [-0.4, -0.2) is 78.7 Å². The second-order valence-electron chi connectivity index (χ2n) is 5.58. The van der Waals surface area contributed by atoms with E-state index in [1.807, 2.05) is 5.48 Å². The van der Waals surface area contributed by atoms with E-state index in [1.165, 1.54) is 13.0 Å². The molecule has 2 aliphatic heterocycles. The number of hydrogen-bond acceptors (Lipinski definition) is 7. The van der Waals surface area contributed by atoms with E-state index < -0.39 is 58.7 Å². The number of carboxylic acid groups (broad SMARTS) is 1. The van der Waals surface area contributed by atoms with Crippen molar-refractivity contribution in [2.45, 2.75) is 25.4 Å². The van der Waals surface area contributed by atoms with Crippen LogP contribution in [0.25, 0.3) is 0 Å². The Bertz CT molecular complexity index is 742. The molecular weight excluding hydrogens is 379 g/mol. The zero-order valence-corrected chi connectivity index (χ0v) is 14.3. The molecule has 2 bridgehead atoms. The number of carbonyl (C=O) groups is 3. The van der Waals surface area contributed by atoms with Crippen LogP contribution in [0, 0.1) is 0 Å². The number of hydroxylamine groups is 3. The summed E-state index contributed by atoms with van der Waals surface area (Å²) in [5.74, 6) is -3.18. The summed E-state index contributed by atoms with van der Waals surface area (Å²) in [5.41, 5.74) is 2.43. The first-order valence-corrected chi connectivity index (χ1v) is 8.96. The highest BCUT2D eigenvalue weighted by Crippen LogP contribution is 2.30. The average molecular weight is 396 g/mol. The number of carbonyl (C=O) groups excluding carboxylic acids is 2. The lowest BCUT2D eigenvalue weighted by Gasteiger charge is -2.28. The van der Waals surface area contributed by atoms with E-state index in [2.05, 4.69) is 4.84 Å². The smallest absolute Gasteiger partial charge is 0.368 e. The Balaban J connectivity index is 2.01. The van der Waals surface area contributed by atoms with Crippen LogP contribution >= 0.6 is 0 Å². The molecule has 0 saturated carbocycles. The zero-order chi connectivity index (χ0) is 19.6. The van der Waals surface area contributed by atoms with Gasteiger partial charge in [-0.1, -0.05) is 6.08 Å². The molecule has 0 aliphatic carbocycles. The number of carboxylic acids is 1. The molecule has 0 aromatic carbocycles. The number of hydrogen-bond donors (Lipinski definition) is 3. The highest BCUT2D eigenvalue weighted by molar-refractivity contribution is 7.89. The number of nitrogens with one attached hydrogen (secondary N) is 1. The van der Waals surface area contributed by atoms with Gasteiger partial charge in [-0.3, -0.25) is 9.63 Å². The van der Waals surface area contributed by atoms with Crippen molar-refractivity contribution in [1.82, 2.24) is 15.4 Å². The third-order valence-electron chi connectivity index (χ3n) is 3.61. The van der Waals surface area contributed by atoms with E-state index in [9.17, 15) is 27.2 Å². The molecule has 0 spiro atoms. The first kappa shape index (κ1) is 20.0. The van der Waals surface area contributed by atoms with Crippen molar-refractivity contribution in [2.75, 3.05) is 18.9 Å². The summed E-state index contributed by atoms with van der Waals surface area (Å²) in [6.45, 7) is 1.11. The van der Waals surface area contributed by atoms with E-state index in [0.29, 0.717) is 10.6 Å². The third kappa shape index (κ3) is 4.46. The summed E-state index contributed by atoms with van der Waals surface area (Å²) in [6.07, 6.45) is -1.27. The predicted molar refractivity (Wildman–Crippen MR) is 81.0 cm³/mol. The topological polar surface area (TPSA) is 169 Å². The van der Waals surface area contributed by atoms with Crippen molar-refractivity contribution in [3.63, 3.8) is 0 Å². The van der Waals surface area contributed by atoms with Gasteiger partial charge in [-0.25, -0.2) is 37.9 Å². The molecule has 2 aliphatic rings. The van der Waals surface area contributed by atoms with Crippen LogP contribution in [0.3, 0.4) is 0 Å². The largest absolute Gasteiger partial charge is 0.477 e. The van der Waals surface area contributed by atoms with Crippen molar-refractivity contribution < 1.29 is 42.0 Å². The fourth-order valence-electron chi connectivity index (χ4n) is 2.55. The number of halogens is 1. The lowest BCUT2D eigenvalue weighted by Crippen LogP contribution is -2.50. The molecule has 0 radical (unpaired) electrons. The van der Waals surface area contributed by atoms with Crippen LogP contribution in [0.2, 0.25) is 0 Å². The van der Waals surface area contributed by atoms with Gasteiger partial charge < -0.3 is 10.0 Å². The number of rotatable bonds is 8. The molecular formula is C12H17FN4O8S.